The van der Waals surface area contributed by atoms with Crippen molar-refractivity contribution in [1.82, 2.24) is 5.32 Å². The highest BCUT2D eigenvalue weighted by molar-refractivity contribution is 5.96. The van der Waals surface area contributed by atoms with E-state index in [1.54, 1.807) is 0 Å². The molecule has 15 heavy (non-hydrogen) atoms. The first-order valence-corrected chi connectivity index (χ1v) is 5.65. The fourth-order valence-corrected chi connectivity index (χ4v) is 3.04. The lowest BCUT2D eigenvalue weighted by atomic mass is 9.73. The number of hydrogen-bond donors (Lipinski definition) is 1. The van der Waals surface area contributed by atoms with Crippen LogP contribution in [0.5, 0.6) is 0 Å². The van der Waals surface area contributed by atoms with Gasteiger partial charge < -0.3 is 5.32 Å². The Labute approximate surface area is 89.7 Å². The average Bonchev–Trinajstić information content (AvgIpc) is 2.55. The van der Waals surface area contributed by atoms with Crippen LogP contribution < -0.4 is 5.32 Å². The fraction of sp³-hybridized carbons (Fsp3) is 0.462. The standard InChI is InChI=1S/C13H15NO/c15-12-9-10-3-1-2-4-11(10)13(12)5-7-14-8-6-13/h1-4,14H,5-9H2. The van der Waals surface area contributed by atoms with E-state index in [2.05, 4.69) is 23.5 Å². The van der Waals surface area contributed by atoms with Crippen molar-refractivity contribution in [3.05, 3.63) is 35.4 Å². The molecule has 2 nitrogen and oxygen atoms in total. The van der Waals surface area contributed by atoms with Crippen molar-refractivity contribution in [2.75, 3.05) is 13.1 Å². The highest BCUT2D eigenvalue weighted by atomic mass is 16.1. The molecule has 3 rings (SSSR count). The first-order chi connectivity index (χ1) is 7.33. The van der Waals surface area contributed by atoms with Gasteiger partial charge in [-0.25, -0.2) is 0 Å². The van der Waals surface area contributed by atoms with Gasteiger partial charge in [-0.05, 0) is 37.1 Å². The Morgan fingerprint density at radius 2 is 1.87 bits per heavy atom. The summed E-state index contributed by atoms with van der Waals surface area (Å²) in [5, 5.41) is 3.34. The van der Waals surface area contributed by atoms with Crippen molar-refractivity contribution in [2.45, 2.75) is 24.7 Å². The molecule has 1 fully saturated rings. The van der Waals surface area contributed by atoms with Crippen LogP contribution in [0.3, 0.4) is 0 Å². The van der Waals surface area contributed by atoms with E-state index in [4.69, 9.17) is 0 Å². The van der Waals surface area contributed by atoms with Crippen LogP contribution in [-0.2, 0) is 16.6 Å². The molecular weight excluding hydrogens is 186 g/mol. The zero-order valence-corrected chi connectivity index (χ0v) is 8.75. The highest BCUT2D eigenvalue weighted by Gasteiger charge is 2.46. The van der Waals surface area contributed by atoms with Crippen LogP contribution in [0, 0.1) is 0 Å². The van der Waals surface area contributed by atoms with E-state index in [0.717, 1.165) is 25.9 Å². The number of piperidine rings is 1. The van der Waals surface area contributed by atoms with Crippen LogP contribution in [0.2, 0.25) is 0 Å². The average molecular weight is 201 g/mol. The van der Waals surface area contributed by atoms with E-state index < -0.39 is 0 Å². The van der Waals surface area contributed by atoms with Gasteiger partial charge in [0.1, 0.15) is 5.78 Å². The van der Waals surface area contributed by atoms with E-state index in [9.17, 15) is 4.79 Å². The third kappa shape index (κ3) is 1.18. The molecule has 78 valence electrons. The first-order valence-electron chi connectivity index (χ1n) is 5.65. The van der Waals surface area contributed by atoms with E-state index in [-0.39, 0.29) is 5.41 Å². The van der Waals surface area contributed by atoms with Gasteiger partial charge in [0.2, 0.25) is 0 Å². The zero-order chi connectivity index (χ0) is 10.3. The minimum atomic E-state index is -0.137. The van der Waals surface area contributed by atoms with Gasteiger partial charge in [0.15, 0.2) is 0 Å². The number of nitrogens with one attached hydrogen (secondary N) is 1. The van der Waals surface area contributed by atoms with Crippen LogP contribution in [0.15, 0.2) is 24.3 Å². The van der Waals surface area contributed by atoms with Crippen molar-refractivity contribution in [1.29, 1.82) is 0 Å². The molecule has 1 aliphatic carbocycles. The maximum Gasteiger partial charge on any atom is 0.147 e. The molecule has 2 aliphatic rings. The first kappa shape index (κ1) is 9.10. The van der Waals surface area contributed by atoms with E-state index in [1.165, 1.54) is 11.1 Å². The summed E-state index contributed by atoms with van der Waals surface area (Å²) < 4.78 is 0. The summed E-state index contributed by atoms with van der Waals surface area (Å²) in [6.07, 6.45) is 2.60. The summed E-state index contributed by atoms with van der Waals surface area (Å²) in [7, 11) is 0. The molecule has 0 radical (unpaired) electrons. The normalized spacial score (nSPS) is 23.1. The number of benzene rings is 1. The third-order valence-electron chi connectivity index (χ3n) is 3.87. The molecule has 1 aromatic carbocycles. The second kappa shape index (κ2) is 3.17. The minimum Gasteiger partial charge on any atom is -0.317 e. The summed E-state index contributed by atoms with van der Waals surface area (Å²) in [5.74, 6) is 0.435. The summed E-state index contributed by atoms with van der Waals surface area (Å²) in [6.45, 7) is 1.94. The van der Waals surface area contributed by atoms with Gasteiger partial charge in [0, 0.05) is 6.42 Å². The Bertz CT molecular complexity index is 405. The maximum absolute atomic E-state index is 12.2. The molecule has 1 heterocycles. The van der Waals surface area contributed by atoms with Crippen molar-refractivity contribution in [3.8, 4) is 0 Å². The Morgan fingerprint density at radius 1 is 1.13 bits per heavy atom. The molecule has 0 unspecified atom stereocenters. The minimum absolute atomic E-state index is 0.137. The smallest absolute Gasteiger partial charge is 0.147 e. The molecule has 2 heteroatoms. The van der Waals surface area contributed by atoms with Crippen molar-refractivity contribution in [2.24, 2.45) is 0 Å². The molecule has 0 bridgehead atoms. The summed E-state index contributed by atoms with van der Waals surface area (Å²) in [5.41, 5.74) is 2.42. The molecule has 1 N–H and O–H groups in total. The number of hydrogen-bond acceptors (Lipinski definition) is 2. The Morgan fingerprint density at radius 3 is 2.67 bits per heavy atom. The van der Waals surface area contributed by atoms with Crippen LogP contribution in [-0.4, -0.2) is 18.9 Å². The second-order valence-corrected chi connectivity index (χ2v) is 4.59. The maximum atomic E-state index is 12.2. The largest absolute Gasteiger partial charge is 0.317 e. The molecule has 1 aromatic rings. The molecule has 1 spiro atoms. The third-order valence-corrected chi connectivity index (χ3v) is 3.87. The van der Waals surface area contributed by atoms with Crippen LogP contribution in [0.25, 0.3) is 0 Å². The highest BCUT2D eigenvalue weighted by Crippen LogP contribution is 2.42. The lowest BCUT2D eigenvalue weighted by Gasteiger charge is -2.33. The van der Waals surface area contributed by atoms with Crippen LogP contribution in [0.1, 0.15) is 24.0 Å². The van der Waals surface area contributed by atoms with E-state index in [1.807, 2.05) is 6.07 Å². The van der Waals surface area contributed by atoms with Crippen molar-refractivity contribution in [3.63, 3.8) is 0 Å². The van der Waals surface area contributed by atoms with Gasteiger partial charge >= 0.3 is 0 Å². The second-order valence-electron chi connectivity index (χ2n) is 4.59. The number of carbonyl (C=O) groups excluding carboxylic acids is 1. The SMILES string of the molecule is O=C1Cc2ccccc2C12CCNCC2. The van der Waals surface area contributed by atoms with E-state index in [0.29, 0.717) is 12.2 Å². The zero-order valence-electron chi connectivity index (χ0n) is 8.75. The van der Waals surface area contributed by atoms with Gasteiger partial charge in [-0.1, -0.05) is 24.3 Å². The number of Topliss-reactive ketones (excluding diaryl/α,β-unsaturated/α-hetero) is 1. The molecule has 0 saturated carbocycles. The Kier molecular flexibility index (Phi) is 1.93. The molecule has 1 aliphatic heterocycles. The Hall–Kier alpha value is -1.15. The van der Waals surface area contributed by atoms with Gasteiger partial charge in [-0.3, -0.25) is 4.79 Å². The monoisotopic (exact) mass is 201 g/mol. The number of fused-ring (bicyclic) bond motifs is 2. The number of ketones is 1. The fourth-order valence-electron chi connectivity index (χ4n) is 3.04. The van der Waals surface area contributed by atoms with Gasteiger partial charge in [-0.2, -0.15) is 0 Å². The summed E-state index contributed by atoms with van der Waals surface area (Å²) in [6, 6.07) is 8.34. The predicted molar refractivity (Wildman–Crippen MR) is 58.9 cm³/mol. The summed E-state index contributed by atoms with van der Waals surface area (Å²) >= 11 is 0. The predicted octanol–water partition coefficient (Wildman–Crippen LogP) is 1.43. The quantitative estimate of drug-likeness (QED) is 0.688. The van der Waals surface area contributed by atoms with Gasteiger partial charge in [0.25, 0.3) is 0 Å². The molecule has 0 atom stereocenters. The number of carbonyl (C=O) groups is 1. The van der Waals surface area contributed by atoms with Crippen LogP contribution in [0.4, 0.5) is 0 Å². The van der Waals surface area contributed by atoms with Crippen molar-refractivity contribution >= 4 is 5.78 Å². The topological polar surface area (TPSA) is 29.1 Å². The van der Waals surface area contributed by atoms with Crippen LogP contribution >= 0.6 is 0 Å². The van der Waals surface area contributed by atoms with Crippen molar-refractivity contribution < 1.29 is 4.79 Å². The Balaban J connectivity index is 2.11. The number of rotatable bonds is 0. The molecule has 0 amide bonds. The van der Waals surface area contributed by atoms with E-state index >= 15 is 0 Å². The molecule has 0 aromatic heterocycles. The van der Waals surface area contributed by atoms with Gasteiger partial charge in [-0.15, -0.1) is 0 Å². The summed E-state index contributed by atoms with van der Waals surface area (Å²) in [4.78, 5) is 12.2. The molecular formula is C13H15NO. The lowest BCUT2D eigenvalue weighted by Crippen LogP contribution is -2.43. The van der Waals surface area contributed by atoms with Gasteiger partial charge in [0.05, 0.1) is 5.41 Å². The lowest BCUT2D eigenvalue weighted by molar-refractivity contribution is -0.123. The molecule has 1 saturated heterocycles.